The number of ether oxygens (including phenoxy) is 2. The Bertz CT molecular complexity index is 401. The van der Waals surface area contributed by atoms with Crippen LogP contribution in [0, 0.1) is 0 Å². The molecular weight excluding hydrogens is 226 g/mol. The van der Waals surface area contributed by atoms with Crippen LogP contribution in [0.3, 0.4) is 0 Å². The quantitative estimate of drug-likeness (QED) is 0.756. The van der Waals surface area contributed by atoms with E-state index in [0.717, 1.165) is 30.8 Å². The molecule has 0 aliphatic rings. The Morgan fingerprint density at radius 1 is 1.28 bits per heavy atom. The highest BCUT2D eigenvalue weighted by atomic mass is 16.5. The predicted molar refractivity (Wildman–Crippen MR) is 75.3 cm³/mol. The van der Waals surface area contributed by atoms with E-state index < -0.39 is 0 Å². The average molecular weight is 249 g/mol. The number of hydrogen-bond donors (Lipinski definition) is 1. The van der Waals surface area contributed by atoms with Gasteiger partial charge in [0.05, 0.1) is 14.2 Å². The van der Waals surface area contributed by atoms with Gasteiger partial charge in [0, 0.05) is 6.04 Å². The van der Waals surface area contributed by atoms with E-state index in [1.165, 1.54) is 11.1 Å². The van der Waals surface area contributed by atoms with Crippen LogP contribution in [0.4, 0.5) is 0 Å². The molecule has 0 fully saturated rings. The zero-order valence-corrected chi connectivity index (χ0v) is 11.5. The van der Waals surface area contributed by atoms with Crippen molar-refractivity contribution in [2.45, 2.75) is 32.2 Å². The molecule has 100 valence electrons. The van der Waals surface area contributed by atoms with E-state index in [9.17, 15) is 0 Å². The molecule has 0 saturated heterocycles. The van der Waals surface area contributed by atoms with E-state index in [-0.39, 0.29) is 6.04 Å². The van der Waals surface area contributed by atoms with Crippen LogP contribution in [0.25, 0.3) is 0 Å². The maximum absolute atomic E-state index is 6.10. The summed E-state index contributed by atoms with van der Waals surface area (Å²) >= 11 is 0. The normalized spacial score (nSPS) is 12.0. The zero-order valence-electron chi connectivity index (χ0n) is 11.5. The first kappa shape index (κ1) is 14.6. The van der Waals surface area contributed by atoms with Crippen LogP contribution in [0.15, 0.2) is 30.4 Å². The molecule has 1 aromatic rings. The van der Waals surface area contributed by atoms with Crippen molar-refractivity contribution in [3.8, 4) is 11.5 Å². The van der Waals surface area contributed by atoms with Gasteiger partial charge in [-0.15, -0.1) is 6.58 Å². The molecule has 0 amide bonds. The average Bonchev–Trinajstić information content (AvgIpc) is 2.36. The van der Waals surface area contributed by atoms with Crippen molar-refractivity contribution in [3.05, 3.63) is 35.9 Å². The lowest BCUT2D eigenvalue weighted by molar-refractivity contribution is 0.354. The fourth-order valence-electron chi connectivity index (χ4n) is 1.84. The minimum Gasteiger partial charge on any atom is -0.493 e. The summed E-state index contributed by atoms with van der Waals surface area (Å²) in [6.07, 6.45) is 2.78. The smallest absolute Gasteiger partial charge is 0.160 e. The number of allylic oxidation sites excluding steroid dienone is 1. The van der Waals surface area contributed by atoms with Gasteiger partial charge in [-0.25, -0.2) is 0 Å². The Balaban J connectivity index is 2.64. The van der Waals surface area contributed by atoms with E-state index in [0.29, 0.717) is 0 Å². The molecule has 0 aliphatic heterocycles. The third kappa shape index (κ3) is 4.41. The zero-order chi connectivity index (χ0) is 13.5. The Kier molecular flexibility index (Phi) is 5.72. The number of hydrogen-bond acceptors (Lipinski definition) is 3. The Hall–Kier alpha value is -1.48. The summed E-state index contributed by atoms with van der Waals surface area (Å²) in [7, 11) is 3.28. The second-order valence-electron chi connectivity index (χ2n) is 4.65. The third-order valence-corrected chi connectivity index (χ3v) is 2.89. The topological polar surface area (TPSA) is 44.5 Å². The molecule has 2 N–H and O–H groups in total. The largest absolute Gasteiger partial charge is 0.493 e. The standard InChI is InChI=1S/C15H23NO2/c1-11(2)5-7-13(16)9-12-6-8-14(17-3)15(10-12)18-4/h6,8,10,13H,1,5,7,9,16H2,2-4H3. The highest BCUT2D eigenvalue weighted by molar-refractivity contribution is 5.43. The minimum atomic E-state index is 0.153. The SMILES string of the molecule is C=C(C)CCC(N)Cc1ccc(OC)c(OC)c1. The van der Waals surface area contributed by atoms with Gasteiger partial charge in [-0.1, -0.05) is 11.6 Å². The van der Waals surface area contributed by atoms with Gasteiger partial charge in [-0.2, -0.15) is 0 Å². The number of nitrogens with two attached hydrogens (primary N) is 1. The molecule has 18 heavy (non-hydrogen) atoms. The molecule has 0 spiro atoms. The number of methoxy groups -OCH3 is 2. The lowest BCUT2D eigenvalue weighted by Crippen LogP contribution is -2.22. The summed E-state index contributed by atoms with van der Waals surface area (Å²) < 4.78 is 10.5. The highest BCUT2D eigenvalue weighted by Crippen LogP contribution is 2.28. The first-order valence-corrected chi connectivity index (χ1v) is 6.17. The van der Waals surface area contributed by atoms with Gasteiger partial charge >= 0.3 is 0 Å². The van der Waals surface area contributed by atoms with E-state index in [1.807, 2.05) is 25.1 Å². The summed E-state index contributed by atoms with van der Waals surface area (Å²) in [4.78, 5) is 0. The maximum atomic E-state index is 6.10. The van der Waals surface area contributed by atoms with Crippen molar-refractivity contribution in [1.29, 1.82) is 0 Å². The van der Waals surface area contributed by atoms with E-state index >= 15 is 0 Å². The van der Waals surface area contributed by atoms with Crippen LogP contribution in [0.1, 0.15) is 25.3 Å². The molecule has 3 heteroatoms. The fourth-order valence-corrected chi connectivity index (χ4v) is 1.84. The Morgan fingerprint density at radius 2 is 1.94 bits per heavy atom. The summed E-state index contributed by atoms with van der Waals surface area (Å²) in [5.41, 5.74) is 8.45. The van der Waals surface area contributed by atoms with Crippen molar-refractivity contribution >= 4 is 0 Å². The number of benzene rings is 1. The fraction of sp³-hybridized carbons (Fsp3) is 0.467. The van der Waals surface area contributed by atoms with Crippen LogP contribution in [0.5, 0.6) is 11.5 Å². The molecule has 1 aromatic carbocycles. The molecule has 0 saturated carbocycles. The van der Waals surface area contributed by atoms with Crippen LogP contribution in [-0.2, 0) is 6.42 Å². The molecule has 0 radical (unpaired) electrons. The van der Waals surface area contributed by atoms with Crippen molar-refractivity contribution in [2.75, 3.05) is 14.2 Å². The lowest BCUT2D eigenvalue weighted by atomic mass is 10.0. The summed E-state index contributed by atoms with van der Waals surface area (Å²) in [6, 6.07) is 6.08. The monoisotopic (exact) mass is 249 g/mol. The van der Waals surface area contributed by atoms with Gasteiger partial charge < -0.3 is 15.2 Å². The van der Waals surface area contributed by atoms with E-state index in [2.05, 4.69) is 6.58 Å². The molecular formula is C15H23NO2. The highest BCUT2D eigenvalue weighted by Gasteiger charge is 2.08. The van der Waals surface area contributed by atoms with Crippen molar-refractivity contribution in [1.82, 2.24) is 0 Å². The van der Waals surface area contributed by atoms with Crippen LogP contribution < -0.4 is 15.2 Å². The molecule has 0 bridgehead atoms. The van der Waals surface area contributed by atoms with Crippen LogP contribution in [0.2, 0.25) is 0 Å². The van der Waals surface area contributed by atoms with Gasteiger partial charge in [0.15, 0.2) is 11.5 Å². The predicted octanol–water partition coefficient (Wildman–Crippen LogP) is 2.93. The maximum Gasteiger partial charge on any atom is 0.160 e. The van der Waals surface area contributed by atoms with Crippen molar-refractivity contribution in [3.63, 3.8) is 0 Å². The first-order chi connectivity index (χ1) is 8.56. The van der Waals surface area contributed by atoms with Crippen LogP contribution in [-0.4, -0.2) is 20.3 Å². The summed E-state index contributed by atoms with van der Waals surface area (Å²) in [6.45, 7) is 5.92. The van der Waals surface area contributed by atoms with Crippen molar-refractivity contribution in [2.24, 2.45) is 5.73 Å². The molecule has 3 nitrogen and oxygen atoms in total. The van der Waals surface area contributed by atoms with E-state index in [1.54, 1.807) is 14.2 Å². The van der Waals surface area contributed by atoms with Gasteiger partial charge in [0.2, 0.25) is 0 Å². The molecule has 0 aliphatic carbocycles. The minimum absolute atomic E-state index is 0.153. The van der Waals surface area contributed by atoms with Gasteiger partial charge in [-0.05, 0) is 43.9 Å². The molecule has 0 aromatic heterocycles. The van der Waals surface area contributed by atoms with E-state index in [4.69, 9.17) is 15.2 Å². The van der Waals surface area contributed by atoms with Gasteiger partial charge in [0.25, 0.3) is 0 Å². The number of rotatable bonds is 7. The summed E-state index contributed by atoms with van der Waals surface area (Å²) in [5.74, 6) is 1.50. The lowest BCUT2D eigenvalue weighted by Gasteiger charge is -2.13. The Morgan fingerprint density at radius 3 is 2.50 bits per heavy atom. The molecule has 0 heterocycles. The molecule has 1 unspecified atom stereocenters. The second-order valence-corrected chi connectivity index (χ2v) is 4.65. The second kappa shape index (κ2) is 7.07. The van der Waals surface area contributed by atoms with Gasteiger partial charge in [0.1, 0.15) is 0 Å². The van der Waals surface area contributed by atoms with Crippen LogP contribution >= 0.6 is 0 Å². The van der Waals surface area contributed by atoms with Crippen molar-refractivity contribution < 1.29 is 9.47 Å². The Labute approximate surface area is 110 Å². The third-order valence-electron chi connectivity index (χ3n) is 2.89. The summed E-state index contributed by atoms with van der Waals surface area (Å²) in [5, 5.41) is 0. The molecule has 1 rings (SSSR count). The first-order valence-electron chi connectivity index (χ1n) is 6.17. The molecule has 1 atom stereocenters. The van der Waals surface area contributed by atoms with Gasteiger partial charge in [-0.3, -0.25) is 0 Å².